The highest BCUT2D eigenvalue weighted by Gasteiger charge is 2.24. The van der Waals surface area contributed by atoms with Gasteiger partial charge in [-0.15, -0.1) is 0 Å². The van der Waals surface area contributed by atoms with Crippen LogP contribution in [0.3, 0.4) is 0 Å². The SMILES string of the molecule is O=C(/C=C/C=C1\OC(/C=C/c2ccccc2)=Nc2c1oc1ccc(Br)cc21)N1CCOCC1. The molecule has 1 amide bonds. The highest BCUT2D eigenvalue weighted by molar-refractivity contribution is 9.10. The maximum Gasteiger partial charge on any atom is 0.246 e. The Kier molecular flexibility index (Phi) is 6.24. The molecule has 0 unspecified atom stereocenters. The molecule has 7 heteroatoms. The molecule has 6 nitrogen and oxygen atoms in total. The van der Waals surface area contributed by atoms with Crippen molar-refractivity contribution in [2.45, 2.75) is 0 Å². The van der Waals surface area contributed by atoms with Gasteiger partial charge in [-0.1, -0.05) is 52.3 Å². The fourth-order valence-electron chi connectivity index (χ4n) is 3.65. The van der Waals surface area contributed by atoms with E-state index in [1.54, 1.807) is 17.1 Å². The zero-order valence-electron chi connectivity index (χ0n) is 17.7. The number of ether oxygens (including phenoxy) is 2. The van der Waals surface area contributed by atoms with E-state index in [0.717, 1.165) is 15.4 Å². The van der Waals surface area contributed by atoms with Gasteiger partial charge in [0.1, 0.15) is 11.3 Å². The summed E-state index contributed by atoms with van der Waals surface area (Å²) in [7, 11) is 0. The van der Waals surface area contributed by atoms with E-state index in [1.165, 1.54) is 6.08 Å². The van der Waals surface area contributed by atoms with Crippen molar-refractivity contribution in [1.29, 1.82) is 0 Å². The molecule has 2 aliphatic heterocycles. The number of rotatable bonds is 4. The first-order valence-corrected chi connectivity index (χ1v) is 11.4. The molecule has 166 valence electrons. The van der Waals surface area contributed by atoms with Crippen molar-refractivity contribution < 1.29 is 18.7 Å². The van der Waals surface area contributed by atoms with Crippen molar-refractivity contribution in [3.63, 3.8) is 0 Å². The number of nitrogens with zero attached hydrogens (tertiary/aromatic N) is 2. The fraction of sp³-hybridized carbons (Fsp3) is 0.154. The molecule has 0 spiro atoms. The number of aliphatic imine (C=N–C) groups is 1. The second-order valence-corrected chi connectivity index (χ2v) is 8.46. The second-order valence-electron chi connectivity index (χ2n) is 7.54. The predicted molar refractivity (Wildman–Crippen MR) is 132 cm³/mol. The maximum atomic E-state index is 12.4. The lowest BCUT2D eigenvalue weighted by Crippen LogP contribution is -2.39. The van der Waals surface area contributed by atoms with Crippen LogP contribution in [0.5, 0.6) is 0 Å². The quantitative estimate of drug-likeness (QED) is 0.426. The molecule has 0 atom stereocenters. The summed E-state index contributed by atoms with van der Waals surface area (Å²) >= 11 is 3.52. The topological polar surface area (TPSA) is 64.3 Å². The summed E-state index contributed by atoms with van der Waals surface area (Å²) in [6.45, 7) is 2.32. The Bertz CT molecular complexity index is 1300. The van der Waals surface area contributed by atoms with Gasteiger partial charge >= 0.3 is 0 Å². The molecule has 0 radical (unpaired) electrons. The van der Waals surface area contributed by atoms with Crippen molar-refractivity contribution in [3.8, 4) is 0 Å². The van der Waals surface area contributed by atoms with Gasteiger partial charge in [0.15, 0.2) is 11.5 Å². The van der Waals surface area contributed by atoms with Gasteiger partial charge in [0.2, 0.25) is 11.8 Å². The van der Waals surface area contributed by atoms with Crippen LogP contribution < -0.4 is 0 Å². The lowest BCUT2D eigenvalue weighted by Gasteiger charge is -2.25. The highest BCUT2D eigenvalue weighted by atomic mass is 79.9. The molecule has 1 aromatic heterocycles. The molecule has 0 N–H and O–H groups in total. The Hall–Kier alpha value is -3.42. The minimum Gasteiger partial charge on any atom is -0.450 e. The van der Waals surface area contributed by atoms with Crippen LogP contribution in [0.25, 0.3) is 22.8 Å². The molecule has 0 bridgehead atoms. The number of amides is 1. The van der Waals surface area contributed by atoms with Crippen molar-refractivity contribution in [1.82, 2.24) is 4.90 Å². The van der Waals surface area contributed by atoms with E-state index in [9.17, 15) is 4.79 Å². The Morgan fingerprint density at radius 2 is 1.88 bits per heavy atom. The molecule has 33 heavy (non-hydrogen) atoms. The summed E-state index contributed by atoms with van der Waals surface area (Å²) in [6, 6.07) is 15.7. The van der Waals surface area contributed by atoms with Crippen LogP contribution >= 0.6 is 15.9 Å². The first-order valence-electron chi connectivity index (χ1n) is 10.6. The van der Waals surface area contributed by atoms with Crippen LogP contribution in [0.15, 0.2) is 86.7 Å². The van der Waals surface area contributed by atoms with Gasteiger partial charge in [-0.05, 0) is 35.9 Å². The Balaban J connectivity index is 1.48. The van der Waals surface area contributed by atoms with Crippen LogP contribution in [0.1, 0.15) is 11.3 Å². The number of hydrogen-bond acceptors (Lipinski definition) is 5. The van der Waals surface area contributed by atoms with Gasteiger partial charge in [0.05, 0.1) is 13.2 Å². The van der Waals surface area contributed by atoms with Gasteiger partial charge in [0, 0.05) is 35.1 Å². The fourth-order valence-corrected chi connectivity index (χ4v) is 4.01. The zero-order valence-corrected chi connectivity index (χ0v) is 19.3. The second kappa shape index (κ2) is 9.60. The van der Waals surface area contributed by atoms with Crippen molar-refractivity contribution in [3.05, 3.63) is 88.6 Å². The molecule has 0 saturated carbocycles. The number of benzene rings is 2. The van der Waals surface area contributed by atoms with E-state index in [0.29, 0.717) is 55.0 Å². The lowest BCUT2D eigenvalue weighted by atomic mass is 10.2. The molecule has 2 aromatic carbocycles. The molecule has 5 rings (SSSR count). The van der Waals surface area contributed by atoms with Gasteiger partial charge in [-0.3, -0.25) is 4.79 Å². The first kappa shape index (κ1) is 21.4. The molecule has 1 saturated heterocycles. The molecule has 3 aromatic rings. The summed E-state index contributed by atoms with van der Waals surface area (Å²) in [5.74, 6) is 1.40. The third-order valence-electron chi connectivity index (χ3n) is 5.31. The number of hydrogen-bond donors (Lipinski definition) is 0. The number of morpholine rings is 1. The normalized spacial score (nSPS) is 17.5. The van der Waals surface area contributed by atoms with Crippen LogP contribution in [0.4, 0.5) is 5.69 Å². The predicted octanol–water partition coefficient (Wildman–Crippen LogP) is 5.72. The van der Waals surface area contributed by atoms with E-state index in [2.05, 4.69) is 15.9 Å². The molecule has 1 fully saturated rings. The van der Waals surface area contributed by atoms with Gasteiger partial charge in [0.25, 0.3) is 0 Å². The lowest BCUT2D eigenvalue weighted by molar-refractivity contribution is -0.129. The Labute approximate surface area is 199 Å². The third kappa shape index (κ3) is 4.84. The average molecular weight is 505 g/mol. The number of halogens is 1. The van der Waals surface area contributed by atoms with E-state index in [-0.39, 0.29) is 5.91 Å². The van der Waals surface area contributed by atoms with E-state index in [1.807, 2.05) is 60.7 Å². The smallest absolute Gasteiger partial charge is 0.246 e. The number of carbonyl (C=O) groups excluding carboxylic acids is 1. The van der Waals surface area contributed by atoms with E-state index >= 15 is 0 Å². The molecular formula is C26H21BrN2O4. The molecular weight excluding hydrogens is 484 g/mol. The Morgan fingerprint density at radius 1 is 1.06 bits per heavy atom. The van der Waals surface area contributed by atoms with Crippen molar-refractivity contribution >= 4 is 56.2 Å². The molecule has 0 aliphatic carbocycles. The maximum absolute atomic E-state index is 12.4. The molecule has 2 aliphatic rings. The van der Waals surface area contributed by atoms with E-state index < -0.39 is 0 Å². The third-order valence-corrected chi connectivity index (χ3v) is 5.80. The van der Waals surface area contributed by atoms with Crippen LogP contribution in [-0.4, -0.2) is 43.0 Å². The van der Waals surface area contributed by atoms with Gasteiger partial charge in [-0.25, -0.2) is 4.99 Å². The van der Waals surface area contributed by atoms with Crippen molar-refractivity contribution in [2.24, 2.45) is 4.99 Å². The summed E-state index contributed by atoms with van der Waals surface area (Å²) in [5.41, 5.74) is 2.45. The number of furan rings is 1. The average Bonchev–Trinajstić information content (AvgIpc) is 3.22. The number of fused-ring (bicyclic) bond motifs is 3. The van der Waals surface area contributed by atoms with Crippen molar-refractivity contribution in [2.75, 3.05) is 26.3 Å². The van der Waals surface area contributed by atoms with Gasteiger partial charge < -0.3 is 18.8 Å². The standard InChI is InChI=1S/C26H21BrN2O4/c27-19-10-11-21-20(17-19)25-26(33-21)22(7-4-8-24(30)29-13-15-31-16-14-29)32-23(28-25)12-9-18-5-2-1-3-6-18/h1-12,17H,13-16H2/b8-4+,12-9+,22-7-. The van der Waals surface area contributed by atoms with Crippen LogP contribution in [-0.2, 0) is 14.3 Å². The van der Waals surface area contributed by atoms with Crippen LogP contribution in [0, 0.1) is 0 Å². The number of carbonyl (C=O) groups is 1. The van der Waals surface area contributed by atoms with Gasteiger partial charge in [-0.2, -0.15) is 0 Å². The number of allylic oxidation sites excluding steroid dienone is 2. The summed E-state index contributed by atoms with van der Waals surface area (Å²) < 4.78 is 18.3. The largest absolute Gasteiger partial charge is 0.450 e. The Morgan fingerprint density at radius 3 is 2.70 bits per heavy atom. The van der Waals surface area contributed by atoms with E-state index in [4.69, 9.17) is 18.9 Å². The molecule has 3 heterocycles. The minimum absolute atomic E-state index is 0.0578. The monoisotopic (exact) mass is 504 g/mol. The summed E-state index contributed by atoms with van der Waals surface area (Å²) in [5, 5.41) is 0.882. The first-order chi connectivity index (χ1) is 16.2. The highest BCUT2D eigenvalue weighted by Crippen LogP contribution is 2.42. The minimum atomic E-state index is -0.0578. The summed E-state index contributed by atoms with van der Waals surface area (Å²) in [6.07, 6.45) is 8.72. The summed E-state index contributed by atoms with van der Waals surface area (Å²) in [4.78, 5) is 18.9. The van der Waals surface area contributed by atoms with Crippen LogP contribution in [0.2, 0.25) is 0 Å². The zero-order chi connectivity index (χ0) is 22.6.